The predicted molar refractivity (Wildman–Crippen MR) is 99.9 cm³/mol. The minimum atomic E-state index is -4.62. The minimum Gasteiger partial charge on any atom is -0.354 e. The summed E-state index contributed by atoms with van der Waals surface area (Å²) in [5, 5.41) is 2.69. The van der Waals surface area contributed by atoms with Crippen LogP contribution in [-0.2, 0) is 25.8 Å². The Kier molecular flexibility index (Phi) is 8.05. The highest BCUT2D eigenvalue weighted by molar-refractivity contribution is 7.89. The molecule has 1 amide bonds. The molecule has 29 heavy (non-hydrogen) atoms. The summed E-state index contributed by atoms with van der Waals surface area (Å²) in [6, 6.07) is 3.67. The zero-order valence-electron chi connectivity index (χ0n) is 16.0. The highest BCUT2D eigenvalue weighted by atomic mass is 32.2. The van der Waals surface area contributed by atoms with Crippen LogP contribution in [0.1, 0.15) is 31.7 Å². The molecule has 2 N–H and O–H groups in total. The summed E-state index contributed by atoms with van der Waals surface area (Å²) < 4.78 is 64.9. The van der Waals surface area contributed by atoms with E-state index in [1.54, 1.807) is 6.08 Å². The van der Waals surface area contributed by atoms with Gasteiger partial charge in [0.1, 0.15) is 0 Å². The average Bonchev–Trinajstić information content (AvgIpc) is 2.68. The summed E-state index contributed by atoms with van der Waals surface area (Å²) >= 11 is 0. The lowest BCUT2D eigenvalue weighted by atomic mass is 10.2. The van der Waals surface area contributed by atoms with Crippen LogP contribution in [0.15, 0.2) is 40.9 Å². The Bertz CT molecular complexity index is 841. The molecule has 0 aliphatic carbocycles. The van der Waals surface area contributed by atoms with Crippen LogP contribution in [0, 0.1) is 0 Å². The number of hydrogen-bond acceptors (Lipinski definition) is 5. The van der Waals surface area contributed by atoms with Crippen LogP contribution in [0.5, 0.6) is 0 Å². The van der Waals surface area contributed by atoms with E-state index in [4.69, 9.17) is 4.84 Å². The van der Waals surface area contributed by atoms with Gasteiger partial charge in [-0.15, -0.1) is 0 Å². The summed E-state index contributed by atoms with van der Waals surface area (Å²) in [6.07, 6.45) is -0.948. The summed E-state index contributed by atoms with van der Waals surface area (Å²) in [6.45, 7) is 2.45. The smallest absolute Gasteiger partial charge is 0.354 e. The molecule has 1 heterocycles. The second-order valence-corrected chi connectivity index (χ2v) is 8.40. The number of carbonyl (C=O) groups is 1. The molecule has 1 aromatic rings. The van der Waals surface area contributed by atoms with Crippen LogP contribution in [0.4, 0.5) is 13.2 Å². The average molecular weight is 435 g/mol. The number of halogens is 3. The maximum Gasteiger partial charge on any atom is 0.416 e. The van der Waals surface area contributed by atoms with E-state index in [0.29, 0.717) is 18.3 Å². The topological polar surface area (TPSA) is 87.7 Å². The molecule has 0 bridgehead atoms. The van der Waals surface area contributed by atoms with Crippen LogP contribution in [0.2, 0.25) is 0 Å². The zero-order chi connectivity index (χ0) is 21.5. The monoisotopic (exact) mass is 435 g/mol. The molecule has 0 saturated carbocycles. The second kappa shape index (κ2) is 10.1. The molecule has 0 radical (unpaired) electrons. The Balaban J connectivity index is 1.90. The van der Waals surface area contributed by atoms with Crippen molar-refractivity contribution in [1.82, 2.24) is 15.1 Å². The van der Waals surface area contributed by atoms with Gasteiger partial charge in [-0.25, -0.2) is 8.42 Å². The van der Waals surface area contributed by atoms with Gasteiger partial charge < -0.3 is 5.32 Å². The summed E-state index contributed by atoms with van der Waals surface area (Å²) in [4.78, 5) is 16.2. The van der Waals surface area contributed by atoms with Crippen molar-refractivity contribution in [2.75, 3.05) is 26.2 Å². The van der Waals surface area contributed by atoms with Crippen molar-refractivity contribution in [2.24, 2.45) is 0 Å². The fourth-order valence-electron chi connectivity index (χ4n) is 2.59. The van der Waals surface area contributed by atoms with Crippen molar-refractivity contribution < 1.29 is 31.2 Å². The van der Waals surface area contributed by atoms with Gasteiger partial charge >= 0.3 is 6.18 Å². The molecule has 0 aromatic heterocycles. The lowest BCUT2D eigenvalue weighted by Crippen LogP contribution is -2.37. The van der Waals surface area contributed by atoms with Gasteiger partial charge in [-0.2, -0.15) is 17.5 Å². The maximum atomic E-state index is 12.8. The number of hydrogen-bond donors (Lipinski definition) is 2. The van der Waals surface area contributed by atoms with E-state index in [0.717, 1.165) is 35.3 Å². The van der Waals surface area contributed by atoms with E-state index in [9.17, 15) is 26.4 Å². The lowest BCUT2D eigenvalue weighted by Gasteiger charge is -2.26. The molecule has 1 aliphatic rings. The van der Waals surface area contributed by atoms with Gasteiger partial charge in [0.2, 0.25) is 15.9 Å². The van der Waals surface area contributed by atoms with E-state index in [1.807, 2.05) is 6.92 Å². The largest absolute Gasteiger partial charge is 0.416 e. The molecule has 0 fully saturated rings. The van der Waals surface area contributed by atoms with Crippen LogP contribution < -0.4 is 10.8 Å². The van der Waals surface area contributed by atoms with Gasteiger partial charge in [0.05, 0.1) is 10.5 Å². The molecule has 1 aliphatic heterocycles. The van der Waals surface area contributed by atoms with E-state index in [2.05, 4.69) is 10.8 Å². The molecule has 0 spiro atoms. The van der Waals surface area contributed by atoms with Crippen LogP contribution >= 0.6 is 0 Å². The van der Waals surface area contributed by atoms with Crippen molar-refractivity contribution in [3.8, 4) is 0 Å². The predicted octanol–water partition coefficient (Wildman–Crippen LogP) is 2.42. The van der Waals surface area contributed by atoms with E-state index < -0.39 is 26.7 Å². The molecule has 162 valence electrons. The van der Waals surface area contributed by atoms with Crippen LogP contribution in [-0.4, -0.2) is 44.9 Å². The van der Waals surface area contributed by atoms with Gasteiger partial charge in [0.15, 0.2) is 6.61 Å². The standard InChI is InChI=1S/C18H24F3N3O4S/c1-2-3-9-22-17(25)13-28-23-15-7-10-24(11-8-15)29(26,27)16-6-4-5-14(12-16)18(19,20)21/h4-7,12,23H,2-3,8-11,13H2,1H3,(H,22,25). The van der Waals surface area contributed by atoms with Crippen LogP contribution in [0.25, 0.3) is 0 Å². The number of nitrogens with zero attached hydrogens (tertiary/aromatic N) is 1. The number of benzene rings is 1. The third-order valence-corrected chi connectivity index (χ3v) is 6.09. The lowest BCUT2D eigenvalue weighted by molar-refractivity contribution is -0.137. The number of nitrogens with one attached hydrogen (secondary N) is 2. The maximum absolute atomic E-state index is 12.8. The van der Waals surface area contributed by atoms with E-state index in [1.165, 1.54) is 0 Å². The molecule has 11 heteroatoms. The highest BCUT2D eigenvalue weighted by Crippen LogP contribution is 2.31. The number of rotatable bonds is 9. The Morgan fingerprint density at radius 1 is 1.31 bits per heavy atom. The van der Waals surface area contributed by atoms with Crippen molar-refractivity contribution in [2.45, 2.75) is 37.3 Å². The number of alkyl halides is 3. The van der Waals surface area contributed by atoms with Gasteiger partial charge in [0.25, 0.3) is 0 Å². The van der Waals surface area contributed by atoms with Crippen molar-refractivity contribution in [3.05, 3.63) is 41.6 Å². The van der Waals surface area contributed by atoms with Crippen LogP contribution in [0.3, 0.4) is 0 Å². The number of hydroxylamine groups is 1. The summed E-state index contributed by atoms with van der Waals surface area (Å²) in [5.74, 6) is -0.267. The molecule has 7 nitrogen and oxygen atoms in total. The summed E-state index contributed by atoms with van der Waals surface area (Å²) in [5.41, 5.74) is 2.20. The molecule has 0 saturated heterocycles. The van der Waals surface area contributed by atoms with Crippen molar-refractivity contribution in [1.29, 1.82) is 0 Å². The van der Waals surface area contributed by atoms with E-state index >= 15 is 0 Å². The normalized spacial score (nSPS) is 15.7. The first kappa shape index (κ1) is 23.2. The third kappa shape index (κ3) is 6.72. The Hall–Kier alpha value is -2.11. The van der Waals surface area contributed by atoms with Gasteiger partial charge in [-0.3, -0.25) is 15.1 Å². The van der Waals surface area contributed by atoms with Gasteiger partial charge in [-0.05, 0) is 30.7 Å². The molecule has 0 atom stereocenters. The SMILES string of the molecule is CCCCNC(=O)CONC1=CCN(S(=O)(=O)c2cccc(C(F)(F)F)c2)CC1. The molecule has 0 unspecified atom stereocenters. The molecular formula is C18H24F3N3O4S. The fourth-order valence-corrected chi connectivity index (χ4v) is 4.02. The molecule has 2 rings (SSSR count). The first-order chi connectivity index (χ1) is 13.6. The quantitative estimate of drug-likeness (QED) is 0.460. The highest BCUT2D eigenvalue weighted by Gasteiger charge is 2.33. The number of amides is 1. The fraction of sp³-hybridized carbons (Fsp3) is 0.500. The Morgan fingerprint density at radius 3 is 2.69 bits per heavy atom. The Morgan fingerprint density at radius 2 is 2.07 bits per heavy atom. The van der Waals surface area contributed by atoms with Crippen molar-refractivity contribution >= 4 is 15.9 Å². The third-order valence-electron chi connectivity index (χ3n) is 4.23. The first-order valence-electron chi connectivity index (χ1n) is 9.15. The number of sulfonamides is 1. The number of unbranched alkanes of at least 4 members (excludes halogenated alkanes) is 1. The Labute approximate surface area is 167 Å². The molecule has 1 aromatic carbocycles. The second-order valence-electron chi connectivity index (χ2n) is 6.46. The van der Waals surface area contributed by atoms with Crippen molar-refractivity contribution in [3.63, 3.8) is 0 Å². The first-order valence-corrected chi connectivity index (χ1v) is 10.6. The number of carbonyl (C=O) groups excluding carboxylic acids is 1. The minimum absolute atomic E-state index is 0.0209. The molecular weight excluding hydrogens is 411 g/mol. The zero-order valence-corrected chi connectivity index (χ0v) is 16.8. The summed E-state index contributed by atoms with van der Waals surface area (Å²) in [7, 11) is -4.06. The van der Waals surface area contributed by atoms with Gasteiger partial charge in [-0.1, -0.05) is 19.4 Å². The van der Waals surface area contributed by atoms with E-state index in [-0.39, 0.29) is 32.0 Å². The van der Waals surface area contributed by atoms with Gasteiger partial charge in [0, 0.05) is 31.8 Å².